The molecule has 39 heavy (non-hydrogen) atoms. The van der Waals surface area contributed by atoms with Gasteiger partial charge in [0.25, 0.3) is 10.0 Å². The number of carbonyl (C=O) groups is 2. The molecule has 0 bridgehead atoms. The summed E-state index contributed by atoms with van der Waals surface area (Å²) in [6.45, 7) is 7.18. The number of benzene rings is 3. The fourth-order valence-electron chi connectivity index (χ4n) is 4.24. The second-order valence-corrected chi connectivity index (χ2v) is 12.5. The van der Waals surface area contributed by atoms with E-state index >= 15 is 0 Å². The first-order valence-electron chi connectivity index (χ1n) is 12.9. The molecule has 0 fully saturated rings. The van der Waals surface area contributed by atoms with Gasteiger partial charge in [-0.15, -0.1) is 0 Å². The van der Waals surface area contributed by atoms with Gasteiger partial charge in [-0.3, -0.25) is 13.9 Å². The number of sulfonamides is 1. The topological polar surface area (TPSA) is 86.8 Å². The lowest BCUT2D eigenvalue weighted by molar-refractivity contribution is -0.140. The number of rotatable bonds is 11. The van der Waals surface area contributed by atoms with Gasteiger partial charge in [0.1, 0.15) is 12.6 Å². The van der Waals surface area contributed by atoms with Gasteiger partial charge in [-0.25, -0.2) is 8.42 Å². The summed E-state index contributed by atoms with van der Waals surface area (Å²) in [6.07, 6.45) is 0.864. The number of amides is 2. The molecular formula is C30H36ClN3O4S. The monoisotopic (exact) mass is 569 g/mol. The van der Waals surface area contributed by atoms with Gasteiger partial charge in [0.2, 0.25) is 11.8 Å². The van der Waals surface area contributed by atoms with Crippen LogP contribution in [-0.4, -0.2) is 49.8 Å². The van der Waals surface area contributed by atoms with Crippen LogP contribution in [0.5, 0.6) is 0 Å². The first-order chi connectivity index (χ1) is 18.4. The van der Waals surface area contributed by atoms with E-state index in [-0.39, 0.29) is 28.1 Å². The highest BCUT2D eigenvalue weighted by Crippen LogP contribution is 2.30. The van der Waals surface area contributed by atoms with Crippen LogP contribution in [0.1, 0.15) is 39.7 Å². The van der Waals surface area contributed by atoms with Gasteiger partial charge in [0.05, 0.1) is 15.6 Å². The molecule has 9 heteroatoms. The van der Waals surface area contributed by atoms with Crippen molar-refractivity contribution in [1.82, 2.24) is 10.2 Å². The molecule has 1 atom stereocenters. The van der Waals surface area contributed by atoms with Crippen LogP contribution in [0.25, 0.3) is 0 Å². The predicted molar refractivity (Wildman–Crippen MR) is 156 cm³/mol. The minimum atomic E-state index is -4.15. The van der Waals surface area contributed by atoms with Crippen molar-refractivity contribution in [3.05, 3.63) is 95.5 Å². The van der Waals surface area contributed by atoms with Crippen molar-refractivity contribution >= 4 is 39.1 Å². The summed E-state index contributed by atoms with van der Waals surface area (Å²) >= 11 is 6.43. The van der Waals surface area contributed by atoms with Crippen molar-refractivity contribution in [3.8, 4) is 0 Å². The number of anilines is 1. The van der Waals surface area contributed by atoms with Gasteiger partial charge >= 0.3 is 0 Å². The van der Waals surface area contributed by atoms with E-state index in [4.69, 9.17) is 11.6 Å². The zero-order chi connectivity index (χ0) is 28.6. The summed E-state index contributed by atoms with van der Waals surface area (Å²) in [5.74, 6) is -0.789. The molecule has 0 saturated heterocycles. The Balaban J connectivity index is 2.02. The Bertz CT molecular complexity index is 1360. The van der Waals surface area contributed by atoms with Crippen molar-refractivity contribution in [3.63, 3.8) is 0 Å². The molecule has 0 spiro atoms. The summed E-state index contributed by atoms with van der Waals surface area (Å²) in [5.41, 5.74) is 0.687. The lowest BCUT2D eigenvalue weighted by atomic mass is 10.1. The predicted octanol–water partition coefficient (Wildman–Crippen LogP) is 5.30. The maximum Gasteiger partial charge on any atom is 0.264 e. The minimum absolute atomic E-state index is 0.0334. The summed E-state index contributed by atoms with van der Waals surface area (Å²) in [5, 5.41) is 3.16. The van der Waals surface area contributed by atoms with Crippen molar-refractivity contribution in [2.24, 2.45) is 0 Å². The Labute approximate surface area is 236 Å². The Morgan fingerprint density at radius 2 is 1.46 bits per heavy atom. The molecule has 0 radical (unpaired) electrons. The van der Waals surface area contributed by atoms with E-state index in [1.807, 2.05) is 58.0 Å². The smallest absolute Gasteiger partial charge is 0.264 e. The number of nitrogens with zero attached hydrogens (tertiary/aromatic N) is 2. The second kappa shape index (κ2) is 13.1. The molecule has 7 nitrogen and oxygen atoms in total. The van der Waals surface area contributed by atoms with Crippen LogP contribution in [0.4, 0.5) is 5.69 Å². The Morgan fingerprint density at radius 3 is 2.03 bits per heavy atom. The van der Waals surface area contributed by atoms with Crippen molar-refractivity contribution < 1.29 is 18.0 Å². The lowest BCUT2D eigenvalue weighted by Gasteiger charge is -2.35. The van der Waals surface area contributed by atoms with E-state index in [2.05, 4.69) is 5.32 Å². The number of nitrogens with one attached hydrogen (secondary N) is 1. The van der Waals surface area contributed by atoms with Gasteiger partial charge in [-0.1, -0.05) is 79.2 Å². The van der Waals surface area contributed by atoms with Crippen LogP contribution in [0, 0.1) is 0 Å². The number of hydrogen-bond acceptors (Lipinski definition) is 4. The molecule has 0 aliphatic carbocycles. The van der Waals surface area contributed by atoms with Gasteiger partial charge < -0.3 is 10.2 Å². The maximum absolute atomic E-state index is 14.0. The highest BCUT2D eigenvalue weighted by Gasteiger charge is 2.34. The summed E-state index contributed by atoms with van der Waals surface area (Å²) in [7, 11) is -4.15. The molecule has 2 amide bonds. The van der Waals surface area contributed by atoms with E-state index in [1.54, 1.807) is 42.5 Å². The molecule has 3 rings (SSSR count). The Hall–Kier alpha value is -3.36. The van der Waals surface area contributed by atoms with E-state index in [9.17, 15) is 18.0 Å². The average Bonchev–Trinajstić information content (AvgIpc) is 2.90. The molecular weight excluding hydrogens is 534 g/mol. The van der Waals surface area contributed by atoms with Crippen molar-refractivity contribution in [2.75, 3.05) is 17.4 Å². The Morgan fingerprint density at radius 1 is 0.897 bits per heavy atom. The second-order valence-electron chi connectivity index (χ2n) is 10.3. The van der Waals surface area contributed by atoms with E-state index in [1.165, 1.54) is 17.0 Å². The summed E-state index contributed by atoms with van der Waals surface area (Å²) in [6, 6.07) is 23.3. The summed E-state index contributed by atoms with van der Waals surface area (Å²) in [4.78, 5) is 28.8. The molecule has 3 aromatic carbocycles. The number of hydrogen-bond donors (Lipinski definition) is 1. The number of halogens is 1. The quantitative estimate of drug-likeness (QED) is 0.339. The van der Waals surface area contributed by atoms with Crippen LogP contribution >= 0.6 is 11.6 Å². The van der Waals surface area contributed by atoms with Gasteiger partial charge in [0, 0.05) is 12.1 Å². The van der Waals surface area contributed by atoms with E-state index in [0.29, 0.717) is 12.8 Å². The van der Waals surface area contributed by atoms with Gasteiger partial charge in [-0.05, 0) is 63.4 Å². The first kappa shape index (κ1) is 30.2. The average molecular weight is 570 g/mol. The van der Waals surface area contributed by atoms with Crippen molar-refractivity contribution in [1.29, 1.82) is 0 Å². The molecule has 208 valence electrons. The molecule has 0 unspecified atom stereocenters. The fraction of sp³-hybridized carbons (Fsp3) is 0.333. The highest BCUT2D eigenvalue weighted by molar-refractivity contribution is 7.92. The third-order valence-corrected chi connectivity index (χ3v) is 8.19. The molecule has 0 aliphatic heterocycles. The molecule has 3 aromatic rings. The molecule has 1 N–H and O–H groups in total. The van der Waals surface area contributed by atoms with E-state index < -0.39 is 34.1 Å². The zero-order valence-electron chi connectivity index (χ0n) is 22.8. The van der Waals surface area contributed by atoms with E-state index in [0.717, 1.165) is 9.87 Å². The SMILES string of the molecule is CC[C@H](C(=O)NC(C)(C)C)N(CCc1ccccc1)C(=O)CN(c1ccccc1Cl)S(=O)(=O)c1ccccc1. The fourth-order valence-corrected chi connectivity index (χ4v) is 5.98. The Kier molecular flexibility index (Phi) is 10.2. The summed E-state index contributed by atoms with van der Waals surface area (Å²) < 4.78 is 28.6. The van der Waals surface area contributed by atoms with Crippen LogP contribution in [0.2, 0.25) is 5.02 Å². The molecule has 0 aliphatic rings. The maximum atomic E-state index is 14.0. The first-order valence-corrected chi connectivity index (χ1v) is 14.7. The zero-order valence-corrected chi connectivity index (χ0v) is 24.4. The minimum Gasteiger partial charge on any atom is -0.350 e. The number of para-hydroxylation sites is 1. The van der Waals surface area contributed by atoms with Crippen LogP contribution < -0.4 is 9.62 Å². The molecule has 0 aromatic heterocycles. The van der Waals surface area contributed by atoms with Gasteiger partial charge in [-0.2, -0.15) is 0 Å². The highest BCUT2D eigenvalue weighted by atomic mass is 35.5. The largest absolute Gasteiger partial charge is 0.350 e. The lowest BCUT2D eigenvalue weighted by Crippen LogP contribution is -2.56. The van der Waals surface area contributed by atoms with Crippen LogP contribution in [-0.2, 0) is 26.0 Å². The normalized spacial score (nSPS) is 12.4. The third-order valence-electron chi connectivity index (χ3n) is 6.10. The van der Waals surface area contributed by atoms with Gasteiger partial charge in [0.15, 0.2) is 0 Å². The standard InChI is InChI=1S/C30H36ClN3O4S/c1-5-26(29(36)32-30(2,3)4)33(21-20-23-14-8-6-9-15-23)28(35)22-34(27-19-13-12-18-25(27)31)39(37,38)24-16-10-7-11-17-24/h6-19,26H,5,20-22H2,1-4H3,(H,32,36)/t26-/m1/s1. The number of carbonyl (C=O) groups excluding carboxylic acids is 2. The van der Waals surface area contributed by atoms with Crippen molar-refractivity contribution in [2.45, 2.75) is 57.0 Å². The van der Waals surface area contributed by atoms with Crippen LogP contribution in [0.3, 0.4) is 0 Å². The third kappa shape index (κ3) is 8.07. The van der Waals surface area contributed by atoms with Crippen LogP contribution in [0.15, 0.2) is 89.8 Å². The molecule has 0 heterocycles. The molecule has 0 saturated carbocycles.